The quantitative estimate of drug-likeness (QED) is 0.790. The Balaban J connectivity index is 1.69. The molecule has 0 unspecified atom stereocenters. The third-order valence-corrected chi connectivity index (χ3v) is 3.98. The zero-order valence-corrected chi connectivity index (χ0v) is 11.8. The SMILES string of the molecule is COC(=O)c1ccc(CN2CCCN3CCC=C32)cc1. The average Bonchev–Trinajstić information content (AvgIpc) is 2.97. The maximum Gasteiger partial charge on any atom is 0.337 e. The second-order valence-corrected chi connectivity index (χ2v) is 5.30. The highest BCUT2D eigenvalue weighted by molar-refractivity contribution is 5.89. The van der Waals surface area contributed by atoms with Crippen LogP contribution in [-0.4, -0.2) is 42.5 Å². The Bertz CT molecular complexity index is 522. The number of methoxy groups -OCH3 is 1. The summed E-state index contributed by atoms with van der Waals surface area (Å²) in [5.41, 5.74) is 1.84. The minimum Gasteiger partial charge on any atom is -0.465 e. The minimum absolute atomic E-state index is 0.279. The molecule has 1 fully saturated rings. The molecule has 0 aromatic heterocycles. The lowest BCUT2D eigenvalue weighted by molar-refractivity contribution is 0.0600. The fraction of sp³-hybridized carbons (Fsp3) is 0.438. The number of esters is 1. The largest absolute Gasteiger partial charge is 0.465 e. The minimum atomic E-state index is -0.279. The van der Waals surface area contributed by atoms with Crippen LogP contribution < -0.4 is 0 Å². The van der Waals surface area contributed by atoms with Crippen molar-refractivity contribution in [3.63, 3.8) is 0 Å². The predicted octanol–water partition coefficient (Wildman–Crippen LogP) is 2.23. The van der Waals surface area contributed by atoms with Gasteiger partial charge in [0, 0.05) is 26.2 Å². The Morgan fingerprint density at radius 2 is 2.00 bits per heavy atom. The van der Waals surface area contributed by atoms with E-state index in [1.807, 2.05) is 24.3 Å². The number of carbonyl (C=O) groups excluding carboxylic acids is 1. The molecule has 4 nitrogen and oxygen atoms in total. The highest BCUT2D eigenvalue weighted by Crippen LogP contribution is 2.25. The van der Waals surface area contributed by atoms with Crippen LogP contribution in [0.2, 0.25) is 0 Å². The summed E-state index contributed by atoms with van der Waals surface area (Å²) in [5, 5.41) is 0. The highest BCUT2D eigenvalue weighted by atomic mass is 16.5. The molecule has 0 N–H and O–H groups in total. The van der Waals surface area contributed by atoms with Crippen molar-refractivity contribution in [3.05, 3.63) is 47.3 Å². The molecule has 1 aromatic carbocycles. The highest BCUT2D eigenvalue weighted by Gasteiger charge is 2.24. The Kier molecular flexibility index (Phi) is 3.63. The second-order valence-electron chi connectivity index (χ2n) is 5.30. The average molecular weight is 272 g/mol. The predicted molar refractivity (Wildman–Crippen MR) is 77.1 cm³/mol. The van der Waals surface area contributed by atoms with Crippen molar-refractivity contribution in [2.45, 2.75) is 19.4 Å². The summed E-state index contributed by atoms with van der Waals surface area (Å²) >= 11 is 0. The van der Waals surface area contributed by atoms with Gasteiger partial charge in [-0.25, -0.2) is 4.79 Å². The van der Waals surface area contributed by atoms with Gasteiger partial charge in [0.05, 0.1) is 12.7 Å². The van der Waals surface area contributed by atoms with Crippen molar-refractivity contribution < 1.29 is 9.53 Å². The van der Waals surface area contributed by atoms with Gasteiger partial charge in [-0.3, -0.25) is 0 Å². The van der Waals surface area contributed by atoms with Crippen LogP contribution >= 0.6 is 0 Å². The standard InChI is InChI=1S/C16H20N2O2/c1-20-16(19)14-7-5-13(6-8-14)12-18-11-3-10-17-9-2-4-15(17)18/h4-8H,2-3,9-12H2,1H3. The van der Waals surface area contributed by atoms with E-state index in [0.717, 1.165) is 26.1 Å². The number of rotatable bonds is 3. The van der Waals surface area contributed by atoms with Crippen molar-refractivity contribution in [1.82, 2.24) is 9.80 Å². The van der Waals surface area contributed by atoms with Gasteiger partial charge >= 0.3 is 5.97 Å². The summed E-state index contributed by atoms with van der Waals surface area (Å²) in [5.74, 6) is 1.10. The van der Waals surface area contributed by atoms with Crippen molar-refractivity contribution >= 4 is 5.97 Å². The van der Waals surface area contributed by atoms with Crippen molar-refractivity contribution in [2.24, 2.45) is 0 Å². The van der Waals surface area contributed by atoms with Crippen molar-refractivity contribution in [1.29, 1.82) is 0 Å². The Hall–Kier alpha value is -1.97. The summed E-state index contributed by atoms with van der Waals surface area (Å²) in [4.78, 5) is 16.3. The van der Waals surface area contributed by atoms with Gasteiger partial charge in [-0.2, -0.15) is 0 Å². The molecule has 20 heavy (non-hydrogen) atoms. The molecule has 1 saturated heterocycles. The van der Waals surface area contributed by atoms with E-state index in [-0.39, 0.29) is 5.97 Å². The fourth-order valence-corrected chi connectivity index (χ4v) is 2.96. The summed E-state index contributed by atoms with van der Waals surface area (Å²) in [6.45, 7) is 4.36. The van der Waals surface area contributed by atoms with Gasteiger partial charge < -0.3 is 14.5 Å². The van der Waals surface area contributed by atoms with Gasteiger partial charge in [0.2, 0.25) is 0 Å². The van der Waals surface area contributed by atoms with Gasteiger partial charge in [0.15, 0.2) is 0 Å². The van der Waals surface area contributed by atoms with Gasteiger partial charge in [0.1, 0.15) is 5.82 Å². The molecule has 0 saturated carbocycles. The molecule has 0 atom stereocenters. The Labute approximate surface area is 119 Å². The molecule has 106 valence electrons. The monoisotopic (exact) mass is 272 g/mol. The van der Waals surface area contributed by atoms with E-state index in [2.05, 4.69) is 15.9 Å². The molecule has 2 aliphatic rings. The Morgan fingerprint density at radius 1 is 1.20 bits per heavy atom. The molecular weight excluding hydrogens is 252 g/mol. The summed E-state index contributed by atoms with van der Waals surface area (Å²) in [6, 6.07) is 7.71. The lowest BCUT2D eigenvalue weighted by atomic mass is 10.1. The van der Waals surface area contributed by atoms with E-state index in [4.69, 9.17) is 4.74 Å². The lowest BCUT2D eigenvalue weighted by Gasteiger charge is -2.38. The number of hydrogen-bond donors (Lipinski definition) is 0. The molecule has 0 aliphatic carbocycles. The maximum absolute atomic E-state index is 11.4. The van der Waals surface area contributed by atoms with Crippen LogP contribution in [0.25, 0.3) is 0 Å². The smallest absolute Gasteiger partial charge is 0.337 e. The first-order valence-corrected chi connectivity index (χ1v) is 7.15. The van der Waals surface area contributed by atoms with E-state index in [9.17, 15) is 4.79 Å². The van der Waals surface area contributed by atoms with E-state index in [1.54, 1.807) is 0 Å². The van der Waals surface area contributed by atoms with Crippen LogP contribution in [0.1, 0.15) is 28.8 Å². The summed E-state index contributed by atoms with van der Waals surface area (Å²) in [6.07, 6.45) is 4.71. The zero-order chi connectivity index (χ0) is 13.9. The molecule has 0 bridgehead atoms. The molecule has 2 heterocycles. The van der Waals surface area contributed by atoms with E-state index < -0.39 is 0 Å². The van der Waals surface area contributed by atoms with Gasteiger partial charge in [0.25, 0.3) is 0 Å². The first kappa shape index (κ1) is 13.0. The van der Waals surface area contributed by atoms with E-state index >= 15 is 0 Å². The third kappa shape index (κ3) is 2.50. The normalized spacial score (nSPS) is 17.8. The van der Waals surface area contributed by atoms with Gasteiger partial charge in [-0.1, -0.05) is 12.1 Å². The van der Waals surface area contributed by atoms with E-state index in [1.165, 1.54) is 31.5 Å². The Morgan fingerprint density at radius 3 is 2.75 bits per heavy atom. The van der Waals surface area contributed by atoms with Crippen molar-refractivity contribution in [3.8, 4) is 0 Å². The molecule has 2 aliphatic heterocycles. The van der Waals surface area contributed by atoms with Crippen molar-refractivity contribution in [2.75, 3.05) is 26.7 Å². The topological polar surface area (TPSA) is 32.8 Å². The van der Waals surface area contributed by atoms with Gasteiger partial charge in [-0.15, -0.1) is 0 Å². The summed E-state index contributed by atoms with van der Waals surface area (Å²) < 4.78 is 4.72. The molecule has 4 heteroatoms. The zero-order valence-electron chi connectivity index (χ0n) is 11.8. The molecule has 0 radical (unpaired) electrons. The first-order chi connectivity index (χ1) is 9.78. The molecule has 3 rings (SSSR count). The second kappa shape index (κ2) is 5.57. The van der Waals surface area contributed by atoms with Crippen LogP contribution in [0, 0.1) is 0 Å². The van der Waals surface area contributed by atoms with Crippen LogP contribution in [-0.2, 0) is 11.3 Å². The van der Waals surface area contributed by atoms with Crippen LogP contribution in [0.5, 0.6) is 0 Å². The van der Waals surface area contributed by atoms with Crippen LogP contribution in [0.3, 0.4) is 0 Å². The first-order valence-electron chi connectivity index (χ1n) is 7.15. The number of benzene rings is 1. The fourth-order valence-electron chi connectivity index (χ4n) is 2.96. The lowest BCUT2D eigenvalue weighted by Crippen LogP contribution is -2.39. The number of fused-ring (bicyclic) bond motifs is 1. The van der Waals surface area contributed by atoms with Crippen LogP contribution in [0.4, 0.5) is 0 Å². The molecule has 1 aromatic rings. The molecule has 0 spiro atoms. The van der Waals surface area contributed by atoms with Gasteiger partial charge in [-0.05, 0) is 36.6 Å². The maximum atomic E-state index is 11.4. The number of ether oxygens (including phenoxy) is 1. The number of hydrogen-bond acceptors (Lipinski definition) is 4. The van der Waals surface area contributed by atoms with E-state index in [0.29, 0.717) is 5.56 Å². The molecular formula is C16H20N2O2. The number of carbonyl (C=O) groups is 1. The number of nitrogens with zero attached hydrogens (tertiary/aromatic N) is 2. The van der Waals surface area contributed by atoms with Crippen LogP contribution in [0.15, 0.2) is 36.2 Å². The summed E-state index contributed by atoms with van der Waals surface area (Å²) in [7, 11) is 1.41. The molecule has 0 amide bonds. The third-order valence-electron chi connectivity index (χ3n) is 3.98.